The second-order valence-corrected chi connectivity index (χ2v) is 5.26. The summed E-state index contributed by atoms with van der Waals surface area (Å²) in [5, 5.41) is 7.53. The Labute approximate surface area is 78.1 Å². The first kappa shape index (κ1) is 10.5. The number of nitrogens with one attached hydrogen (secondary N) is 1. The fourth-order valence-corrected chi connectivity index (χ4v) is 1.85. The molecule has 1 heterocycles. The van der Waals surface area contributed by atoms with Gasteiger partial charge in [0.2, 0.25) is 0 Å². The van der Waals surface area contributed by atoms with Gasteiger partial charge in [-0.05, 0) is 0 Å². The van der Waals surface area contributed by atoms with E-state index in [1.54, 1.807) is 4.90 Å². The van der Waals surface area contributed by atoms with Crippen molar-refractivity contribution in [1.29, 1.82) is 5.41 Å². The van der Waals surface area contributed by atoms with E-state index in [0.29, 0.717) is 26.3 Å². The van der Waals surface area contributed by atoms with Crippen molar-refractivity contribution in [2.75, 3.05) is 38.3 Å². The lowest BCUT2D eigenvalue weighted by Crippen LogP contribution is -2.42. The molecule has 1 aliphatic heterocycles. The van der Waals surface area contributed by atoms with Gasteiger partial charge in [0.15, 0.2) is 9.84 Å². The smallest absolute Gasteiger partial charge is 0.154 e. The predicted octanol–water partition coefficient (Wildman–Crippen LogP) is -0.660. The molecule has 1 saturated heterocycles. The van der Waals surface area contributed by atoms with Crippen molar-refractivity contribution >= 4 is 15.7 Å². The highest BCUT2D eigenvalue weighted by molar-refractivity contribution is 7.91. The van der Waals surface area contributed by atoms with Gasteiger partial charge in [-0.25, -0.2) is 8.42 Å². The van der Waals surface area contributed by atoms with Crippen LogP contribution in [0, 0.1) is 5.41 Å². The molecule has 0 spiro atoms. The first-order valence-electron chi connectivity index (χ1n) is 4.07. The normalized spacial score (nSPS) is 18.7. The summed E-state index contributed by atoms with van der Waals surface area (Å²) in [6, 6.07) is 0. The summed E-state index contributed by atoms with van der Waals surface area (Å²) in [5.74, 6) is -0.00157. The molecule has 0 aromatic heterocycles. The molecule has 0 aromatic rings. The van der Waals surface area contributed by atoms with E-state index in [1.807, 2.05) is 0 Å². The summed E-state index contributed by atoms with van der Waals surface area (Å²) in [5.41, 5.74) is 0. The number of hydrogen-bond acceptors (Lipinski definition) is 4. The van der Waals surface area contributed by atoms with E-state index in [9.17, 15) is 8.42 Å². The number of sulfone groups is 1. The molecule has 0 aliphatic carbocycles. The Hall–Kier alpha value is -0.620. The number of morpholine rings is 1. The summed E-state index contributed by atoms with van der Waals surface area (Å²) in [7, 11) is -3.08. The Balaban J connectivity index is 2.47. The lowest BCUT2D eigenvalue weighted by molar-refractivity contribution is 0.0675. The van der Waals surface area contributed by atoms with Gasteiger partial charge in [-0.3, -0.25) is 5.41 Å². The van der Waals surface area contributed by atoms with Crippen LogP contribution in [0.3, 0.4) is 0 Å². The lowest BCUT2D eigenvalue weighted by atomic mass is 10.4. The Morgan fingerprint density at radius 1 is 1.46 bits per heavy atom. The van der Waals surface area contributed by atoms with Crippen LogP contribution in [0.2, 0.25) is 0 Å². The molecular weight excluding hydrogens is 192 g/mol. The van der Waals surface area contributed by atoms with Crippen molar-refractivity contribution in [3.63, 3.8) is 0 Å². The monoisotopic (exact) mass is 206 g/mol. The molecular formula is C7H14N2O3S. The standard InChI is InChI=1S/C7H14N2O3S/c1-13(10,11)6-7(8)9-2-4-12-5-3-9/h8H,2-6H2,1H3. The summed E-state index contributed by atoms with van der Waals surface area (Å²) in [4.78, 5) is 1.74. The minimum Gasteiger partial charge on any atom is -0.378 e. The molecule has 0 atom stereocenters. The first-order chi connectivity index (χ1) is 5.99. The van der Waals surface area contributed by atoms with Gasteiger partial charge in [0.1, 0.15) is 11.6 Å². The van der Waals surface area contributed by atoms with Gasteiger partial charge in [-0.15, -0.1) is 0 Å². The summed E-state index contributed by atoms with van der Waals surface area (Å²) >= 11 is 0. The summed E-state index contributed by atoms with van der Waals surface area (Å²) in [6.07, 6.45) is 1.14. The van der Waals surface area contributed by atoms with Crippen molar-refractivity contribution in [2.24, 2.45) is 0 Å². The van der Waals surface area contributed by atoms with E-state index < -0.39 is 9.84 Å². The zero-order chi connectivity index (χ0) is 9.90. The van der Waals surface area contributed by atoms with Gasteiger partial charge in [0.25, 0.3) is 0 Å². The molecule has 5 nitrogen and oxygen atoms in total. The summed E-state index contributed by atoms with van der Waals surface area (Å²) in [6.45, 7) is 2.39. The molecule has 1 fully saturated rings. The highest BCUT2D eigenvalue weighted by atomic mass is 32.2. The highest BCUT2D eigenvalue weighted by Gasteiger charge is 2.16. The average molecular weight is 206 g/mol. The van der Waals surface area contributed by atoms with Crippen LogP contribution >= 0.6 is 0 Å². The third-order valence-electron chi connectivity index (χ3n) is 1.79. The predicted molar refractivity (Wildman–Crippen MR) is 49.8 cm³/mol. The molecule has 0 unspecified atom stereocenters. The number of rotatable bonds is 2. The quantitative estimate of drug-likeness (QED) is 0.481. The number of nitrogens with zero attached hydrogens (tertiary/aromatic N) is 1. The number of amidine groups is 1. The molecule has 6 heteroatoms. The van der Waals surface area contributed by atoms with E-state index >= 15 is 0 Å². The van der Waals surface area contributed by atoms with Crippen molar-refractivity contribution in [2.45, 2.75) is 0 Å². The Morgan fingerprint density at radius 3 is 2.46 bits per heavy atom. The summed E-state index contributed by atoms with van der Waals surface area (Å²) < 4.78 is 26.9. The van der Waals surface area contributed by atoms with Gasteiger partial charge >= 0.3 is 0 Å². The second kappa shape index (κ2) is 4.06. The van der Waals surface area contributed by atoms with E-state index in [0.717, 1.165) is 6.26 Å². The van der Waals surface area contributed by atoms with E-state index in [-0.39, 0.29) is 11.6 Å². The van der Waals surface area contributed by atoms with Gasteiger partial charge in [0.05, 0.1) is 13.2 Å². The third kappa shape index (κ3) is 3.73. The number of hydrogen-bond donors (Lipinski definition) is 1. The lowest BCUT2D eigenvalue weighted by Gasteiger charge is -2.28. The third-order valence-corrected chi connectivity index (χ3v) is 2.59. The molecule has 0 radical (unpaired) electrons. The fourth-order valence-electron chi connectivity index (χ4n) is 1.17. The minimum atomic E-state index is -3.08. The van der Waals surface area contributed by atoms with E-state index in [2.05, 4.69) is 0 Å². The van der Waals surface area contributed by atoms with Crippen LogP contribution in [0.25, 0.3) is 0 Å². The molecule has 13 heavy (non-hydrogen) atoms. The minimum absolute atomic E-state index is 0.172. The maximum Gasteiger partial charge on any atom is 0.154 e. The molecule has 76 valence electrons. The SMILES string of the molecule is CS(=O)(=O)CC(=N)N1CCOCC1. The molecule has 1 rings (SSSR count). The van der Waals surface area contributed by atoms with Crippen molar-refractivity contribution in [1.82, 2.24) is 4.90 Å². The van der Waals surface area contributed by atoms with Crippen LogP contribution in [-0.2, 0) is 14.6 Å². The highest BCUT2D eigenvalue weighted by Crippen LogP contribution is 1.99. The molecule has 0 saturated carbocycles. The van der Waals surface area contributed by atoms with E-state index in [1.165, 1.54) is 0 Å². The fraction of sp³-hybridized carbons (Fsp3) is 0.857. The molecule has 0 aromatic carbocycles. The topological polar surface area (TPSA) is 70.5 Å². The number of ether oxygens (including phenoxy) is 1. The zero-order valence-electron chi connectivity index (χ0n) is 7.62. The molecule has 1 N–H and O–H groups in total. The molecule has 0 amide bonds. The Morgan fingerprint density at radius 2 is 2.00 bits per heavy atom. The van der Waals surface area contributed by atoms with Crippen molar-refractivity contribution in [3.05, 3.63) is 0 Å². The maximum absolute atomic E-state index is 10.9. The maximum atomic E-state index is 10.9. The first-order valence-corrected chi connectivity index (χ1v) is 6.13. The van der Waals surface area contributed by atoms with Crippen LogP contribution in [-0.4, -0.2) is 57.5 Å². The van der Waals surface area contributed by atoms with Crippen LogP contribution < -0.4 is 0 Å². The van der Waals surface area contributed by atoms with Gasteiger partial charge in [-0.2, -0.15) is 0 Å². The van der Waals surface area contributed by atoms with Crippen molar-refractivity contribution in [3.8, 4) is 0 Å². The molecule has 1 aliphatic rings. The van der Waals surface area contributed by atoms with Gasteiger partial charge in [-0.1, -0.05) is 0 Å². The van der Waals surface area contributed by atoms with Gasteiger partial charge < -0.3 is 9.64 Å². The van der Waals surface area contributed by atoms with Crippen LogP contribution in [0.15, 0.2) is 0 Å². The largest absolute Gasteiger partial charge is 0.378 e. The van der Waals surface area contributed by atoms with Crippen LogP contribution in [0.5, 0.6) is 0 Å². The zero-order valence-corrected chi connectivity index (χ0v) is 8.43. The molecule has 0 bridgehead atoms. The van der Waals surface area contributed by atoms with Gasteiger partial charge in [0, 0.05) is 19.3 Å². The van der Waals surface area contributed by atoms with Crippen LogP contribution in [0.1, 0.15) is 0 Å². The van der Waals surface area contributed by atoms with Crippen molar-refractivity contribution < 1.29 is 13.2 Å². The Kier molecular flexibility index (Phi) is 3.27. The van der Waals surface area contributed by atoms with Crippen LogP contribution in [0.4, 0.5) is 0 Å². The van der Waals surface area contributed by atoms with E-state index in [4.69, 9.17) is 10.1 Å². The average Bonchev–Trinajstić information content (AvgIpc) is 2.03. The second-order valence-electron chi connectivity index (χ2n) is 3.12. The Bertz CT molecular complexity index is 280.